The monoisotopic (exact) mass is 317 g/mol. The van der Waals surface area contributed by atoms with E-state index < -0.39 is 0 Å². The number of aromatic nitrogens is 3. The van der Waals surface area contributed by atoms with Gasteiger partial charge in [0.05, 0.1) is 5.25 Å². The zero-order valence-electron chi connectivity index (χ0n) is 11.2. The lowest BCUT2D eigenvalue weighted by molar-refractivity contribution is 0.381. The first-order valence-electron chi connectivity index (χ1n) is 6.38. The van der Waals surface area contributed by atoms with Crippen molar-refractivity contribution < 1.29 is 4.52 Å². The van der Waals surface area contributed by atoms with Crippen LogP contribution in [0.25, 0.3) is 11.4 Å². The smallest absolute Gasteiger partial charge is 0.240 e. The molecule has 0 bridgehead atoms. The van der Waals surface area contributed by atoms with Gasteiger partial charge >= 0.3 is 0 Å². The first-order valence-corrected chi connectivity index (χ1v) is 7.64. The highest BCUT2D eigenvalue weighted by Crippen LogP contribution is 2.34. The largest absolute Gasteiger partial charge is 0.338 e. The van der Waals surface area contributed by atoms with Gasteiger partial charge < -0.3 is 4.52 Å². The topological polar surface area (TPSA) is 51.8 Å². The van der Waals surface area contributed by atoms with Crippen molar-refractivity contribution in [1.82, 2.24) is 15.1 Å². The van der Waals surface area contributed by atoms with Gasteiger partial charge in [-0.2, -0.15) is 4.98 Å². The van der Waals surface area contributed by atoms with E-state index in [1.807, 2.05) is 43.3 Å². The summed E-state index contributed by atoms with van der Waals surface area (Å²) in [6, 6.07) is 11.4. The summed E-state index contributed by atoms with van der Waals surface area (Å²) in [6.45, 7) is 2.03. The van der Waals surface area contributed by atoms with Crippen LogP contribution in [-0.4, -0.2) is 15.1 Å². The normalized spacial score (nSPS) is 12.3. The molecule has 106 valence electrons. The Hall–Kier alpha value is -1.85. The van der Waals surface area contributed by atoms with E-state index in [0.717, 1.165) is 15.5 Å². The Labute approximate surface area is 131 Å². The van der Waals surface area contributed by atoms with Gasteiger partial charge in [0.1, 0.15) is 0 Å². The Morgan fingerprint density at radius 3 is 2.71 bits per heavy atom. The molecule has 4 nitrogen and oxygen atoms in total. The number of halogens is 1. The standard InChI is InChI=1S/C15H12ClN3OS/c1-10(21-13-6-4-12(16)5-7-13)15-18-14(19-20-15)11-3-2-8-17-9-11/h2-10H,1H3/t10-/m0/s1. The maximum absolute atomic E-state index is 5.88. The molecule has 3 aromatic rings. The maximum atomic E-state index is 5.88. The number of hydrogen-bond donors (Lipinski definition) is 0. The summed E-state index contributed by atoms with van der Waals surface area (Å²) < 4.78 is 5.34. The van der Waals surface area contributed by atoms with Crippen molar-refractivity contribution in [1.29, 1.82) is 0 Å². The minimum Gasteiger partial charge on any atom is -0.338 e. The summed E-state index contributed by atoms with van der Waals surface area (Å²) in [4.78, 5) is 9.59. The van der Waals surface area contributed by atoms with Crippen molar-refractivity contribution in [3.63, 3.8) is 0 Å². The first-order chi connectivity index (χ1) is 10.2. The third-order valence-corrected chi connectivity index (χ3v) is 4.19. The summed E-state index contributed by atoms with van der Waals surface area (Å²) in [5.74, 6) is 1.15. The van der Waals surface area contributed by atoms with Gasteiger partial charge in [0.15, 0.2) is 0 Å². The van der Waals surface area contributed by atoms with Crippen LogP contribution in [0.2, 0.25) is 5.02 Å². The molecular weight excluding hydrogens is 306 g/mol. The number of rotatable bonds is 4. The van der Waals surface area contributed by atoms with Crippen molar-refractivity contribution in [3.05, 3.63) is 59.7 Å². The summed E-state index contributed by atoms with van der Waals surface area (Å²) >= 11 is 7.52. The minimum absolute atomic E-state index is 0.0593. The minimum atomic E-state index is 0.0593. The van der Waals surface area contributed by atoms with E-state index in [4.69, 9.17) is 16.1 Å². The number of thioether (sulfide) groups is 1. The van der Waals surface area contributed by atoms with Gasteiger partial charge in [0.2, 0.25) is 11.7 Å². The van der Waals surface area contributed by atoms with E-state index in [-0.39, 0.29) is 5.25 Å². The summed E-state index contributed by atoms with van der Waals surface area (Å²) in [5, 5.41) is 4.79. The number of benzene rings is 1. The maximum Gasteiger partial charge on any atom is 0.240 e. The van der Waals surface area contributed by atoms with E-state index in [1.54, 1.807) is 24.2 Å². The van der Waals surface area contributed by atoms with Crippen LogP contribution in [0.15, 0.2) is 58.2 Å². The molecular formula is C15H12ClN3OS. The SMILES string of the molecule is C[C@H](Sc1ccc(Cl)cc1)c1nc(-c2cccnc2)no1. The van der Waals surface area contributed by atoms with Gasteiger partial charge in [-0.05, 0) is 43.3 Å². The lowest BCUT2D eigenvalue weighted by atomic mass is 10.3. The highest BCUT2D eigenvalue weighted by Gasteiger charge is 2.16. The molecule has 6 heteroatoms. The van der Waals surface area contributed by atoms with Gasteiger partial charge in [0.25, 0.3) is 0 Å². The summed E-state index contributed by atoms with van der Waals surface area (Å²) in [5.41, 5.74) is 0.844. The van der Waals surface area contributed by atoms with Crippen LogP contribution < -0.4 is 0 Å². The molecule has 0 aliphatic rings. The van der Waals surface area contributed by atoms with Gasteiger partial charge in [-0.25, -0.2) is 0 Å². The second-order valence-corrected chi connectivity index (χ2v) is 6.26. The number of hydrogen-bond acceptors (Lipinski definition) is 5. The zero-order chi connectivity index (χ0) is 14.7. The predicted octanol–water partition coefficient (Wildman–Crippen LogP) is 4.64. The molecule has 0 aliphatic heterocycles. The van der Waals surface area contributed by atoms with Crippen LogP contribution >= 0.6 is 23.4 Å². The fraction of sp³-hybridized carbons (Fsp3) is 0.133. The molecule has 0 saturated carbocycles. The van der Waals surface area contributed by atoms with Crippen molar-refractivity contribution in [3.8, 4) is 11.4 Å². The Bertz CT molecular complexity index is 715. The fourth-order valence-corrected chi connectivity index (χ4v) is 2.80. The van der Waals surface area contributed by atoms with Crippen LogP contribution in [0.1, 0.15) is 18.1 Å². The quantitative estimate of drug-likeness (QED) is 0.656. The van der Waals surface area contributed by atoms with Gasteiger partial charge in [-0.15, -0.1) is 11.8 Å². The second-order valence-electron chi connectivity index (χ2n) is 4.41. The van der Waals surface area contributed by atoms with Crippen LogP contribution in [0, 0.1) is 0 Å². The van der Waals surface area contributed by atoms with Crippen LogP contribution in [-0.2, 0) is 0 Å². The molecule has 0 amide bonds. The van der Waals surface area contributed by atoms with Crippen molar-refractivity contribution in [2.75, 3.05) is 0 Å². The average molecular weight is 318 g/mol. The zero-order valence-corrected chi connectivity index (χ0v) is 12.8. The highest BCUT2D eigenvalue weighted by molar-refractivity contribution is 7.99. The van der Waals surface area contributed by atoms with E-state index in [9.17, 15) is 0 Å². The van der Waals surface area contributed by atoms with Crippen LogP contribution in [0.4, 0.5) is 0 Å². The third kappa shape index (κ3) is 3.43. The van der Waals surface area contributed by atoms with Crippen molar-refractivity contribution in [2.45, 2.75) is 17.1 Å². The molecule has 3 rings (SSSR count). The molecule has 0 unspecified atom stereocenters. The van der Waals surface area contributed by atoms with Gasteiger partial charge in [-0.1, -0.05) is 16.8 Å². The van der Waals surface area contributed by atoms with Crippen molar-refractivity contribution >= 4 is 23.4 Å². The molecule has 21 heavy (non-hydrogen) atoms. The molecule has 2 heterocycles. The number of pyridine rings is 1. The van der Waals surface area contributed by atoms with E-state index >= 15 is 0 Å². The molecule has 0 spiro atoms. The Morgan fingerprint density at radius 1 is 1.19 bits per heavy atom. The van der Waals surface area contributed by atoms with E-state index in [0.29, 0.717) is 11.7 Å². The molecule has 1 atom stereocenters. The van der Waals surface area contributed by atoms with E-state index in [2.05, 4.69) is 15.1 Å². The highest BCUT2D eigenvalue weighted by atomic mass is 35.5. The molecule has 0 aliphatic carbocycles. The average Bonchev–Trinajstić information content (AvgIpc) is 3.00. The third-order valence-electron chi connectivity index (χ3n) is 2.84. The molecule has 0 fully saturated rings. The predicted molar refractivity (Wildman–Crippen MR) is 83.3 cm³/mol. The Balaban J connectivity index is 1.75. The van der Waals surface area contributed by atoms with Gasteiger partial charge in [-0.3, -0.25) is 4.98 Å². The van der Waals surface area contributed by atoms with Crippen LogP contribution in [0.5, 0.6) is 0 Å². The molecule has 0 saturated heterocycles. The number of nitrogens with zero attached hydrogens (tertiary/aromatic N) is 3. The Morgan fingerprint density at radius 2 is 2.00 bits per heavy atom. The summed E-state index contributed by atoms with van der Waals surface area (Å²) in [7, 11) is 0. The Kier molecular flexibility index (Phi) is 4.22. The van der Waals surface area contributed by atoms with Gasteiger partial charge in [0, 0.05) is 27.9 Å². The molecule has 0 N–H and O–H groups in total. The molecule has 2 aromatic heterocycles. The van der Waals surface area contributed by atoms with E-state index in [1.165, 1.54) is 0 Å². The van der Waals surface area contributed by atoms with Crippen molar-refractivity contribution in [2.24, 2.45) is 0 Å². The summed E-state index contributed by atoms with van der Waals surface area (Å²) in [6.07, 6.45) is 3.43. The first kappa shape index (κ1) is 14.1. The lowest BCUT2D eigenvalue weighted by Gasteiger charge is -2.05. The fourth-order valence-electron chi connectivity index (χ4n) is 1.78. The second kappa shape index (κ2) is 6.28. The molecule has 1 aromatic carbocycles. The lowest BCUT2D eigenvalue weighted by Crippen LogP contribution is -1.89. The van der Waals surface area contributed by atoms with Crippen LogP contribution in [0.3, 0.4) is 0 Å². The molecule has 0 radical (unpaired) electrons.